The van der Waals surface area contributed by atoms with Gasteiger partial charge >= 0.3 is 0 Å². The maximum Gasteiger partial charge on any atom is 0.237 e. The highest BCUT2D eigenvalue weighted by Gasteiger charge is 2.22. The van der Waals surface area contributed by atoms with Crippen LogP contribution in [0.15, 0.2) is 12.4 Å². The largest absolute Gasteiger partial charge is 0.347 e. The van der Waals surface area contributed by atoms with E-state index in [0.29, 0.717) is 0 Å². The van der Waals surface area contributed by atoms with Crippen molar-refractivity contribution in [2.75, 3.05) is 6.54 Å². The Kier molecular flexibility index (Phi) is 3.56. The van der Waals surface area contributed by atoms with Gasteiger partial charge in [0.25, 0.3) is 0 Å². The molecule has 2 heterocycles. The third-order valence-electron chi connectivity index (χ3n) is 2.92. The number of H-pyrrole nitrogens is 1. The van der Waals surface area contributed by atoms with Gasteiger partial charge in [0.2, 0.25) is 5.91 Å². The average Bonchev–Trinajstić information content (AvgIpc) is 2.83. The zero-order valence-corrected chi connectivity index (χ0v) is 9.49. The number of aromatic amines is 1. The second-order valence-corrected chi connectivity index (χ2v) is 4.21. The summed E-state index contributed by atoms with van der Waals surface area (Å²) in [6.45, 7) is 2.87. The first-order valence-electron chi connectivity index (χ1n) is 5.80. The Morgan fingerprint density at radius 1 is 1.62 bits per heavy atom. The molecular formula is C11H18N4O. The predicted octanol–water partition coefficient (Wildman–Crippen LogP) is 0.729. The minimum Gasteiger partial charge on any atom is -0.347 e. The van der Waals surface area contributed by atoms with E-state index >= 15 is 0 Å². The second-order valence-electron chi connectivity index (χ2n) is 4.21. The smallest absolute Gasteiger partial charge is 0.237 e. The van der Waals surface area contributed by atoms with Crippen molar-refractivity contribution < 1.29 is 4.79 Å². The molecule has 16 heavy (non-hydrogen) atoms. The van der Waals surface area contributed by atoms with E-state index in [9.17, 15) is 4.79 Å². The lowest BCUT2D eigenvalue weighted by molar-refractivity contribution is -0.124. The lowest BCUT2D eigenvalue weighted by Crippen LogP contribution is -2.47. The summed E-state index contributed by atoms with van der Waals surface area (Å²) >= 11 is 0. The Hall–Kier alpha value is -1.36. The summed E-state index contributed by atoms with van der Waals surface area (Å²) in [5.74, 6) is 0.868. The lowest BCUT2D eigenvalue weighted by Gasteiger charge is -2.24. The summed E-state index contributed by atoms with van der Waals surface area (Å²) in [5, 5.41) is 6.18. The van der Waals surface area contributed by atoms with Crippen molar-refractivity contribution in [3.8, 4) is 0 Å². The van der Waals surface area contributed by atoms with E-state index in [2.05, 4.69) is 20.6 Å². The molecule has 1 unspecified atom stereocenters. The first-order chi connectivity index (χ1) is 7.77. The van der Waals surface area contributed by atoms with Crippen molar-refractivity contribution >= 4 is 5.91 Å². The fraction of sp³-hybridized carbons (Fsp3) is 0.636. The topological polar surface area (TPSA) is 69.8 Å². The third-order valence-corrected chi connectivity index (χ3v) is 2.92. The summed E-state index contributed by atoms with van der Waals surface area (Å²) in [4.78, 5) is 19.0. The van der Waals surface area contributed by atoms with Crippen LogP contribution in [-0.2, 0) is 4.79 Å². The number of amides is 1. The minimum absolute atomic E-state index is 0.0360. The zero-order valence-electron chi connectivity index (χ0n) is 9.49. The molecule has 0 aliphatic carbocycles. The minimum atomic E-state index is -0.0637. The van der Waals surface area contributed by atoms with Crippen LogP contribution >= 0.6 is 0 Å². The van der Waals surface area contributed by atoms with E-state index in [1.807, 2.05) is 6.92 Å². The first kappa shape index (κ1) is 11.1. The molecular weight excluding hydrogens is 204 g/mol. The van der Waals surface area contributed by atoms with Crippen molar-refractivity contribution in [1.29, 1.82) is 0 Å². The lowest BCUT2D eigenvalue weighted by atomic mass is 10.0. The Balaban J connectivity index is 1.86. The Morgan fingerprint density at radius 2 is 2.50 bits per heavy atom. The van der Waals surface area contributed by atoms with Crippen molar-refractivity contribution in [1.82, 2.24) is 20.6 Å². The fourth-order valence-corrected chi connectivity index (χ4v) is 1.97. The van der Waals surface area contributed by atoms with Crippen molar-refractivity contribution in [2.24, 2.45) is 0 Å². The van der Waals surface area contributed by atoms with Gasteiger partial charge in [-0.15, -0.1) is 0 Å². The van der Waals surface area contributed by atoms with E-state index in [1.54, 1.807) is 12.4 Å². The summed E-state index contributed by atoms with van der Waals surface area (Å²) in [6.07, 6.45) is 6.67. The molecule has 2 atom stereocenters. The van der Waals surface area contributed by atoms with E-state index in [0.717, 1.165) is 31.6 Å². The van der Waals surface area contributed by atoms with Gasteiger partial charge in [0.05, 0.1) is 12.1 Å². The summed E-state index contributed by atoms with van der Waals surface area (Å²) in [7, 11) is 0. The molecule has 1 saturated heterocycles. The molecule has 0 spiro atoms. The molecule has 1 aromatic rings. The molecule has 0 saturated carbocycles. The van der Waals surface area contributed by atoms with E-state index in [4.69, 9.17) is 0 Å². The van der Waals surface area contributed by atoms with Crippen LogP contribution in [-0.4, -0.2) is 28.5 Å². The number of hydrogen-bond acceptors (Lipinski definition) is 3. The molecule has 5 heteroatoms. The Morgan fingerprint density at radius 3 is 3.12 bits per heavy atom. The van der Waals surface area contributed by atoms with Crippen LogP contribution in [0.5, 0.6) is 0 Å². The van der Waals surface area contributed by atoms with Crippen molar-refractivity contribution in [3.63, 3.8) is 0 Å². The molecule has 1 amide bonds. The van der Waals surface area contributed by atoms with Crippen molar-refractivity contribution in [2.45, 2.75) is 38.3 Å². The second kappa shape index (κ2) is 5.12. The summed E-state index contributed by atoms with van der Waals surface area (Å²) in [6, 6.07) is -0.0996. The number of carbonyl (C=O) groups is 1. The molecule has 1 fully saturated rings. The van der Waals surface area contributed by atoms with E-state index in [1.165, 1.54) is 0 Å². The van der Waals surface area contributed by atoms with Gasteiger partial charge in [-0.1, -0.05) is 6.42 Å². The van der Waals surface area contributed by atoms with Gasteiger partial charge < -0.3 is 15.6 Å². The van der Waals surface area contributed by atoms with Crippen LogP contribution in [0.1, 0.15) is 38.1 Å². The summed E-state index contributed by atoms with van der Waals surface area (Å²) < 4.78 is 0. The highest BCUT2D eigenvalue weighted by atomic mass is 16.2. The normalized spacial score (nSPS) is 22.7. The van der Waals surface area contributed by atoms with Gasteiger partial charge in [-0.25, -0.2) is 4.98 Å². The van der Waals surface area contributed by atoms with Gasteiger partial charge in [-0.05, 0) is 26.3 Å². The maximum absolute atomic E-state index is 11.9. The van der Waals surface area contributed by atoms with Crippen LogP contribution in [0.4, 0.5) is 0 Å². The zero-order chi connectivity index (χ0) is 11.4. The molecule has 88 valence electrons. The number of hydrogen-bond donors (Lipinski definition) is 3. The van der Waals surface area contributed by atoms with Gasteiger partial charge in [0.1, 0.15) is 5.82 Å². The Bertz CT molecular complexity index is 330. The first-order valence-corrected chi connectivity index (χ1v) is 5.80. The average molecular weight is 222 g/mol. The number of aromatic nitrogens is 2. The molecule has 1 aliphatic heterocycles. The maximum atomic E-state index is 11.9. The number of piperidine rings is 1. The van der Waals surface area contributed by atoms with Crippen LogP contribution in [0.3, 0.4) is 0 Å². The van der Waals surface area contributed by atoms with E-state index < -0.39 is 0 Å². The molecule has 2 rings (SSSR count). The standard InChI is InChI=1S/C11H18N4O/c1-8(10-13-6-7-14-10)15-11(16)9-4-2-3-5-12-9/h6-9,12H,2-5H2,1H3,(H,13,14)(H,15,16)/t8?,9-/m0/s1. The molecule has 0 radical (unpaired) electrons. The number of imidazole rings is 1. The van der Waals surface area contributed by atoms with Crippen molar-refractivity contribution in [3.05, 3.63) is 18.2 Å². The van der Waals surface area contributed by atoms with Crippen LogP contribution in [0, 0.1) is 0 Å². The van der Waals surface area contributed by atoms with Crippen LogP contribution in [0.25, 0.3) is 0 Å². The number of nitrogens with zero attached hydrogens (tertiary/aromatic N) is 1. The molecule has 5 nitrogen and oxygen atoms in total. The van der Waals surface area contributed by atoms with Gasteiger partial charge in [0.15, 0.2) is 0 Å². The summed E-state index contributed by atoms with van der Waals surface area (Å²) in [5.41, 5.74) is 0. The molecule has 1 aromatic heterocycles. The molecule has 3 N–H and O–H groups in total. The predicted molar refractivity (Wildman–Crippen MR) is 60.8 cm³/mol. The third kappa shape index (κ3) is 2.61. The molecule has 1 aliphatic rings. The number of nitrogens with one attached hydrogen (secondary N) is 3. The van der Waals surface area contributed by atoms with Gasteiger partial charge in [0, 0.05) is 12.4 Å². The number of rotatable bonds is 3. The Labute approximate surface area is 95.0 Å². The monoisotopic (exact) mass is 222 g/mol. The fourth-order valence-electron chi connectivity index (χ4n) is 1.97. The van der Waals surface area contributed by atoms with E-state index in [-0.39, 0.29) is 18.0 Å². The molecule has 0 bridgehead atoms. The van der Waals surface area contributed by atoms with Gasteiger partial charge in [-0.2, -0.15) is 0 Å². The SMILES string of the molecule is CC(NC(=O)[C@@H]1CCCCN1)c1ncc[nH]1. The highest BCUT2D eigenvalue weighted by Crippen LogP contribution is 2.10. The van der Waals surface area contributed by atoms with Gasteiger partial charge in [-0.3, -0.25) is 4.79 Å². The van der Waals surface area contributed by atoms with Crippen LogP contribution < -0.4 is 10.6 Å². The molecule has 0 aromatic carbocycles. The number of carbonyl (C=O) groups excluding carboxylic acids is 1. The highest BCUT2D eigenvalue weighted by molar-refractivity contribution is 5.82. The quantitative estimate of drug-likeness (QED) is 0.706. The van der Waals surface area contributed by atoms with Crippen LogP contribution in [0.2, 0.25) is 0 Å².